The first-order valence-electron chi connectivity index (χ1n) is 10.3. The van der Waals surface area contributed by atoms with Gasteiger partial charge in [-0.2, -0.15) is 9.78 Å². The Hall–Kier alpha value is -3.81. The maximum Gasteiger partial charge on any atom is 0.257 e. The Bertz CT molecular complexity index is 1310. The highest BCUT2D eigenvalue weighted by molar-refractivity contribution is 6.10. The van der Waals surface area contributed by atoms with Crippen molar-refractivity contribution in [1.82, 2.24) is 20.0 Å². The molecule has 0 spiro atoms. The third-order valence-corrected chi connectivity index (χ3v) is 5.58. The fraction of sp³-hybridized carbons (Fsp3) is 0.217. The fourth-order valence-corrected chi connectivity index (χ4v) is 3.99. The summed E-state index contributed by atoms with van der Waals surface area (Å²) in [4.78, 5) is 22.5. The molecule has 0 saturated heterocycles. The number of rotatable bonds is 4. The molecule has 4 aromatic rings. The Balaban J connectivity index is 1.64. The highest BCUT2D eigenvalue weighted by Gasteiger charge is 2.26. The lowest BCUT2D eigenvalue weighted by atomic mass is 10.2. The molecule has 2 heterocycles. The molecule has 1 fully saturated rings. The SMILES string of the molecule is Nc1c(C(=O)NC2CCCC2)c2nc3ccccc3nc2n1/N=C/c1ccc(F)cc1. The van der Waals surface area contributed by atoms with E-state index < -0.39 is 0 Å². The van der Waals surface area contributed by atoms with Crippen LogP contribution in [0.4, 0.5) is 10.2 Å². The van der Waals surface area contributed by atoms with Crippen molar-refractivity contribution >= 4 is 40.1 Å². The minimum Gasteiger partial charge on any atom is -0.383 e. The van der Waals surface area contributed by atoms with Gasteiger partial charge in [0.15, 0.2) is 5.65 Å². The maximum atomic E-state index is 13.2. The molecule has 8 heteroatoms. The summed E-state index contributed by atoms with van der Waals surface area (Å²) in [5, 5.41) is 7.51. The van der Waals surface area contributed by atoms with Gasteiger partial charge in [-0.1, -0.05) is 37.1 Å². The van der Waals surface area contributed by atoms with Gasteiger partial charge in [0, 0.05) is 6.04 Å². The van der Waals surface area contributed by atoms with Crippen LogP contribution in [0.3, 0.4) is 0 Å². The third-order valence-electron chi connectivity index (χ3n) is 5.58. The van der Waals surface area contributed by atoms with Gasteiger partial charge < -0.3 is 11.1 Å². The molecule has 31 heavy (non-hydrogen) atoms. The van der Waals surface area contributed by atoms with Gasteiger partial charge in [-0.05, 0) is 42.7 Å². The number of fused-ring (bicyclic) bond motifs is 2. The largest absolute Gasteiger partial charge is 0.383 e. The zero-order valence-electron chi connectivity index (χ0n) is 16.8. The molecule has 2 aromatic carbocycles. The number of para-hydroxylation sites is 2. The van der Waals surface area contributed by atoms with Crippen LogP contribution in [-0.2, 0) is 0 Å². The molecule has 0 radical (unpaired) electrons. The lowest BCUT2D eigenvalue weighted by Crippen LogP contribution is -2.33. The minimum absolute atomic E-state index is 0.140. The summed E-state index contributed by atoms with van der Waals surface area (Å²) in [6.45, 7) is 0. The molecular weight excluding hydrogens is 395 g/mol. The highest BCUT2D eigenvalue weighted by atomic mass is 19.1. The lowest BCUT2D eigenvalue weighted by molar-refractivity contribution is 0.0940. The number of hydrogen-bond donors (Lipinski definition) is 2. The van der Waals surface area contributed by atoms with Gasteiger partial charge in [0.1, 0.15) is 22.7 Å². The smallest absolute Gasteiger partial charge is 0.257 e. The summed E-state index contributed by atoms with van der Waals surface area (Å²) in [5.41, 5.74) is 9.50. The number of hydrogen-bond acceptors (Lipinski definition) is 5. The number of nitrogens with two attached hydrogens (primary N) is 1. The topological polar surface area (TPSA) is 98.2 Å². The third kappa shape index (κ3) is 3.61. The number of nitrogen functional groups attached to an aromatic ring is 1. The normalized spacial score (nSPS) is 14.7. The number of aromatic nitrogens is 3. The predicted octanol–water partition coefficient (Wildman–Crippen LogP) is 3.86. The fourth-order valence-electron chi connectivity index (χ4n) is 3.99. The first-order valence-corrected chi connectivity index (χ1v) is 10.3. The molecular formula is C23H21FN6O. The first-order chi connectivity index (χ1) is 15.1. The van der Waals surface area contributed by atoms with Gasteiger partial charge in [0.25, 0.3) is 5.91 Å². The number of halogens is 1. The zero-order chi connectivity index (χ0) is 21.4. The molecule has 0 bridgehead atoms. The van der Waals surface area contributed by atoms with Crippen LogP contribution in [0.15, 0.2) is 53.6 Å². The molecule has 2 aromatic heterocycles. The van der Waals surface area contributed by atoms with Crippen LogP contribution in [0.2, 0.25) is 0 Å². The van der Waals surface area contributed by atoms with Gasteiger partial charge in [-0.25, -0.2) is 14.4 Å². The second-order valence-electron chi connectivity index (χ2n) is 7.71. The van der Waals surface area contributed by atoms with E-state index in [1.54, 1.807) is 18.3 Å². The van der Waals surface area contributed by atoms with Crippen LogP contribution < -0.4 is 11.1 Å². The molecule has 1 saturated carbocycles. The van der Waals surface area contributed by atoms with Crippen LogP contribution in [0.5, 0.6) is 0 Å². The summed E-state index contributed by atoms with van der Waals surface area (Å²) in [6, 6.07) is 13.5. The van der Waals surface area contributed by atoms with E-state index in [2.05, 4.69) is 20.4 Å². The zero-order valence-corrected chi connectivity index (χ0v) is 16.8. The van der Waals surface area contributed by atoms with Crippen LogP contribution >= 0.6 is 0 Å². The van der Waals surface area contributed by atoms with E-state index in [9.17, 15) is 9.18 Å². The predicted molar refractivity (Wildman–Crippen MR) is 119 cm³/mol. The van der Waals surface area contributed by atoms with Crippen molar-refractivity contribution < 1.29 is 9.18 Å². The Morgan fingerprint density at radius 3 is 2.48 bits per heavy atom. The number of anilines is 1. The van der Waals surface area contributed by atoms with E-state index in [-0.39, 0.29) is 29.1 Å². The van der Waals surface area contributed by atoms with E-state index >= 15 is 0 Å². The first kappa shape index (κ1) is 19.2. The number of benzene rings is 2. The van der Waals surface area contributed by atoms with Crippen molar-refractivity contribution in [3.63, 3.8) is 0 Å². The summed E-state index contributed by atoms with van der Waals surface area (Å²) in [7, 11) is 0. The average Bonchev–Trinajstić information content (AvgIpc) is 3.37. The van der Waals surface area contributed by atoms with Crippen molar-refractivity contribution in [2.45, 2.75) is 31.7 Å². The van der Waals surface area contributed by atoms with E-state index in [0.29, 0.717) is 27.8 Å². The molecule has 1 amide bonds. The molecule has 0 atom stereocenters. The number of amides is 1. The van der Waals surface area contributed by atoms with Gasteiger partial charge >= 0.3 is 0 Å². The van der Waals surface area contributed by atoms with Gasteiger partial charge in [0.05, 0.1) is 17.2 Å². The van der Waals surface area contributed by atoms with Crippen LogP contribution in [0.25, 0.3) is 22.2 Å². The number of nitrogens with one attached hydrogen (secondary N) is 1. The average molecular weight is 416 g/mol. The number of carbonyl (C=O) groups is 1. The van der Waals surface area contributed by atoms with E-state index in [1.165, 1.54) is 16.8 Å². The van der Waals surface area contributed by atoms with Gasteiger partial charge in [-0.15, -0.1) is 0 Å². The monoisotopic (exact) mass is 416 g/mol. The van der Waals surface area contributed by atoms with Crippen molar-refractivity contribution in [3.05, 3.63) is 65.5 Å². The Kier molecular flexibility index (Phi) is 4.82. The van der Waals surface area contributed by atoms with Crippen LogP contribution in [0, 0.1) is 5.82 Å². The van der Waals surface area contributed by atoms with Crippen molar-refractivity contribution in [2.24, 2.45) is 5.10 Å². The minimum atomic E-state index is -0.328. The second-order valence-corrected chi connectivity index (χ2v) is 7.71. The number of carbonyl (C=O) groups excluding carboxylic acids is 1. The summed E-state index contributed by atoms with van der Waals surface area (Å²) >= 11 is 0. The molecule has 1 aliphatic carbocycles. The Labute approximate surface area is 177 Å². The van der Waals surface area contributed by atoms with Crippen LogP contribution in [0.1, 0.15) is 41.6 Å². The Morgan fingerprint density at radius 1 is 1.10 bits per heavy atom. The lowest BCUT2D eigenvalue weighted by Gasteiger charge is -2.11. The van der Waals surface area contributed by atoms with Crippen molar-refractivity contribution in [2.75, 3.05) is 5.73 Å². The van der Waals surface area contributed by atoms with Crippen molar-refractivity contribution in [3.8, 4) is 0 Å². The van der Waals surface area contributed by atoms with E-state index in [0.717, 1.165) is 25.7 Å². The summed E-state index contributed by atoms with van der Waals surface area (Å²) in [5.74, 6) is -0.430. The second kappa shape index (κ2) is 7.79. The maximum absolute atomic E-state index is 13.2. The summed E-state index contributed by atoms with van der Waals surface area (Å²) in [6.07, 6.45) is 5.68. The molecule has 156 valence electrons. The highest BCUT2D eigenvalue weighted by Crippen LogP contribution is 2.28. The molecule has 7 nitrogen and oxygen atoms in total. The van der Waals surface area contributed by atoms with E-state index in [1.807, 2.05) is 24.3 Å². The number of nitrogens with zero attached hydrogens (tertiary/aromatic N) is 4. The van der Waals surface area contributed by atoms with Crippen LogP contribution in [-0.4, -0.2) is 32.8 Å². The molecule has 1 aliphatic rings. The quantitative estimate of drug-likeness (QED) is 0.494. The molecule has 0 unspecified atom stereocenters. The van der Waals surface area contributed by atoms with E-state index in [4.69, 9.17) is 5.73 Å². The molecule has 5 rings (SSSR count). The summed E-state index contributed by atoms with van der Waals surface area (Å²) < 4.78 is 14.6. The van der Waals surface area contributed by atoms with Crippen molar-refractivity contribution in [1.29, 1.82) is 0 Å². The Morgan fingerprint density at radius 2 is 1.77 bits per heavy atom. The molecule has 3 N–H and O–H groups in total. The van der Waals surface area contributed by atoms with Gasteiger partial charge in [-0.3, -0.25) is 4.79 Å². The van der Waals surface area contributed by atoms with Gasteiger partial charge in [0.2, 0.25) is 0 Å². The standard InChI is InChI=1S/C23H21FN6O/c24-15-11-9-14(10-12-15)13-26-30-21(25)19(23(31)27-16-5-1-2-6-16)20-22(30)29-18-8-4-3-7-17(18)28-20/h3-4,7-13,16H,1-2,5-6,25H2,(H,27,31)/b26-13+. The molecule has 0 aliphatic heterocycles.